The molecule has 1 atom stereocenters. The van der Waals surface area contributed by atoms with Crippen LogP contribution in [0.15, 0.2) is 47.2 Å². The van der Waals surface area contributed by atoms with Gasteiger partial charge in [-0.3, -0.25) is 4.68 Å². The molecule has 138 valence electrons. The lowest BCUT2D eigenvalue weighted by molar-refractivity contribution is -0.134. The number of furan rings is 1. The number of aromatic nitrogens is 2. The van der Waals surface area contributed by atoms with Crippen LogP contribution in [-0.2, 0) is 16.1 Å². The average Bonchev–Trinajstić information content (AvgIpc) is 3.24. The third-order valence-electron chi connectivity index (χ3n) is 3.58. The second-order valence-electron chi connectivity index (χ2n) is 5.43. The lowest BCUT2D eigenvalue weighted by atomic mass is 10.1. The number of benzene rings is 1. The van der Waals surface area contributed by atoms with Crippen LogP contribution in [0.4, 0.5) is 0 Å². The zero-order valence-electron chi connectivity index (χ0n) is 13.7. The van der Waals surface area contributed by atoms with E-state index in [1.807, 2.05) is 29.1 Å². The number of alkyl halides is 1. The molecule has 0 aliphatic carbocycles. The second kappa shape index (κ2) is 9.02. The number of carboxylic acid groups (broad SMARTS) is 2. The van der Waals surface area contributed by atoms with Gasteiger partial charge >= 0.3 is 11.9 Å². The quantitative estimate of drug-likeness (QED) is 0.442. The highest BCUT2D eigenvalue weighted by Crippen LogP contribution is 2.26. The van der Waals surface area contributed by atoms with Crippen molar-refractivity contribution < 1.29 is 24.2 Å². The standard InChI is InChI=1S/C13H14ClN3O.C4H4O4/c14-5-9(6-15)8-17-13-10(7-16-17)1-2-12-11(13)3-4-18-12;5-3(6)1-2-4(7)8/h1-4,7,9H,5-6,8,15H2;1-2H,(H,5,6)(H,7,8). The molecule has 2 heterocycles. The van der Waals surface area contributed by atoms with Crippen molar-refractivity contribution in [2.75, 3.05) is 12.4 Å². The molecule has 26 heavy (non-hydrogen) atoms. The fourth-order valence-corrected chi connectivity index (χ4v) is 2.56. The SMILES string of the molecule is NCC(CCl)Cn1ncc2ccc3occc3c21.O=C(O)C=CC(=O)O. The van der Waals surface area contributed by atoms with Crippen LogP contribution in [-0.4, -0.2) is 44.4 Å². The largest absolute Gasteiger partial charge is 0.478 e. The van der Waals surface area contributed by atoms with E-state index in [2.05, 4.69) is 5.10 Å². The summed E-state index contributed by atoms with van der Waals surface area (Å²) in [5.41, 5.74) is 7.65. The van der Waals surface area contributed by atoms with E-state index in [1.165, 1.54) is 0 Å². The number of nitrogens with zero attached hydrogens (tertiary/aromatic N) is 2. The molecule has 3 rings (SSSR count). The van der Waals surface area contributed by atoms with Crippen molar-refractivity contribution in [2.45, 2.75) is 6.54 Å². The molecule has 3 aromatic rings. The Balaban J connectivity index is 0.000000260. The predicted octanol–water partition coefficient (Wildman–Crippen LogP) is 2.31. The Bertz CT molecular complexity index is 911. The third-order valence-corrected chi connectivity index (χ3v) is 4.02. The zero-order chi connectivity index (χ0) is 19.1. The molecule has 0 spiro atoms. The van der Waals surface area contributed by atoms with Gasteiger partial charge in [-0.2, -0.15) is 5.10 Å². The van der Waals surface area contributed by atoms with Gasteiger partial charge in [-0.1, -0.05) is 0 Å². The Morgan fingerprint density at radius 2 is 1.96 bits per heavy atom. The van der Waals surface area contributed by atoms with Crippen molar-refractivity contribution in [2.24, 2.45) is 11.7 Å². The van der Waals surface area contributed by atoms with Crippen LogP contribution in [0.1, 0.15) is 0 Å². The topological polar surface area (TPSA) is 132 Å². The molecule has 0 radical (unpaired) electrons. The second-order valence-corrected chi connectivity index (χ2v) is 5.74. The summed E-state index contributed by atoms with van der Waals surface area (Å²) >= 11 is 5.89. The van der Waals surface area contributed by atoms with Gasteiger partial charge < -0.3 is 20.4 Å². The van der Waals surface area contributed by atoms with Gasteiger partial charge in [-0.25, -0.2) is 9.59 Å². The smallest absolute Gasteiger partial charge is 0.328 e. The number of halogens is 1. The van der Waals surface area contributed by atoms with Crippen LogP contribution in [0.25, 0.3) is 21.9 Å². The van der Waals surface area contributed by atoms with Crippen molar-refractivity contribution in [3.05, 3.63) is 42.8 Å². The fourth-order valence-electron chi connectivity index (χ4n) is 2.34. The number of carboxylic acids is 2. The van der Waals surface area contributed by atoms with Crippen LogP contribution in [0.2, 0.25) is 0 Å². The summed E-state index contributed by atoms with van der Waals surface area (Å²) in [7, 11) is 0. The monoisotopic (exact) mass is 379 g/mol. The molecule has 0 amide bonds. The first-order chi connectivity index (χ1) is 12.5. The number of rotatable bonds is 6. The van der Waals surface area contributed by atoms with Gasteiger partial charge in [0, 0.05) is 41.3 Å². The Morgan fingerprint density at radius 3 is 2.54 bits per heavy atom. The molecule has 8 nitrogen and oxygen atoms in total. The van der Waals surface area contributed by atoms with Crippen molar-refractivity contribution >= 4 is 45.4 Å². The first-order valence-corrected chi connectivity index (χ1v) is 8.21. The molecule has 2 aromatic heterocycles. The van der Waals surface area contributed by atoms with E-state index in [0.29, 0.717) is 24.6 Å². The van der Waals surface area contributed by atoms with E-state index in [4.69, 9.17) is 32.0 Å². The Labute approximate surface area is 153 Å². The molecule has 0 saturated heterocycles. The highest BCUT2D eigenvalue weighted by atomic mass is 35.5. The number of hydrogen-bond donors (Lipinski definition) is 3. The summed E-state index contributed by atoms with van der Waals surface area (Å²) in [6.45, 7) is 1.29. The Morgan fingerprint density at radius 1 is 1.27 bits per heavy atom. The molecule has 9 heteroatoms. The van der Waals surface area contributed by atoms with E-state index in [9.17, 15) is 9.59 Å². The minimum atomic E-state index is -1.26. The summed E-state index contributed by atoms with van der Waals surface area (Å²) in [5.74, 6) is -1.74. The molecule has 0 aliphatic heterocycles. The van der Waals surface area contributed by atoms with Gasteiger partial charge in [0.25, 0.3) is 0 Å². The van der Waals surface area contributed by atoms with Crippen LogP contribution < -0.4 is 5.73 Å². The molecular weight excluding hydrogens is 362 g/mol. The lowest BCUT2D eigenvalue weighted by Gasteiger charge is -2.12. The number of nitrogens with two attached hydrogens (primary N) is 1. The Kier molecular flexibility index (Phi) is 6.76. The van der Waals surface area contributed by atoms with Crippen LogP contribution in [0.5, 0.6) is 0 Å². The minimum Gasteiger partial charge on any atom is -0.478 e. The fraction of sp³-hybridized carbons (Fsp3) is 0.235. The number of fused-ring (bicyclic) bond motifs is 3. The normalized spacial score (nSPS) is 12.2. The maximum atomic E-state index is 9.55. The summed E-state index contributed by atoms with van der Waals surface area (Å²) < 4.78 is 7.38. The van der Waals surface area contributed by atoms with Crippen molar-refractivity contribution in [3.63, 3.8) is 0 Å². The van der Waals surface area contributed by atoms with Gasteiger partial charge in [0.1, 0.15) is 5.58 Å². The van der Waals surface area contributed by atoms with Crippen molar-refractivity contribution in [1.82, 2.24) is 9.78 Å². The molecule has 1 aromatic carbocycles. The third kappa shape index (κ3) is 4.84. The number of hydrogen-bond acceptors (Lipinski definition) is 5. The summed E-state index contributed by atoms with van der Waals surface area (Å²) in [6.07, 6.45) is 4.68. The van der Waals surface area contributed by atoms with Crippen molar-refractivity contribution in [3.8, 4) is 0 Å². The first kappa shape index (κ1) is 19.5. The van der Waals surface area contributed by atoms with E-state index in [0.717, 1.165) is 28.4 Å². The maximum Gasteiger partial charge on any atom is 0.328 e. The molecule has 0 saturated carbocycles. The predicted molar refractivity (Wildman–Crippen MR) is 97.2 cm³/mol. The first-order valence-electron chi connectivity index (χ1n) is 7.68. The zero-order valence-corrected chi connectivity index (χ0v) is 14.5. The van der Waals surface area contributed by atoms with Crippen molar-refractivity contribution in [1.29, 1.82) is 0 Å². The van der Waals surface area contributed by atoms with Gasteiger partial charge in [-0.15, -0.1) is 11.6 Å². The van der Waals surface area contributed by atoms with Gasteiger partial charge in [0.2, 0.25) is 0 Å². The Hall–Kier alpha value is -2.84. The van der Waals surface area contributed by atoms with E-state index in [-0.39, 0.29) is 5.92 Å². The molecule has 4 N–H and O–H groups in total. The summed E-state index contributed by atoms with van der Waals surface area (Å²) in [6, 6.07) is 5.95. The minimum absolute atomic E-state index is 0.233. The van der Waals surface area contributed by atoms with Gasteiger partial charge in [-0.05, 0) is 24.7 Å². The van der Waals surface area contributed by atoms with Gasteiger partial charge in [0.05, 0.1) is 18.0 Å². The maximum absolute atomic E-state index is 9.55. The molecule has 0 fully saturated rings. The lowest BCUT2D eigenvalue weighted by Crippen LogP contribution is -2.22. The average molecular weight is 380 g/mol. The van der Waals surface area contributed by atoms with Crippen LogP contribution in [0.3, 0.4) is 0 Å². The molecule has 0 aliphatic rings. The summed E-state index contributed by atoms with van der Waals surface area (Å²) in [5, 5.41) is 22.2. The molecular formula is C17H18ClN3O5. The van der Waals surface area contributed by atoms with Crippen LogP contribution in [0, 0.1) is 5.92 Å². The molecule has 1 unspecified atom stereocenters. The summed E-state index contributed by atoms with van der Waals surface area (Å²) in [4.78, 5) is 19.1. The van der Waals surface area contributed by atoms with E-state index >= 15 is 0 Å². The highest BCUT2D eigenvalue weighted by Gasteiger charge is 2.12. The van der Waals surface area contributed by atoms with E-state index in [1.54, 1.807) is 6.26 Å². The van der Waals surface area contributed by atoms with Crippen LogP contribution >= 0.6 is 11.6 Å². The number of carbonyl (C=O) groups is 2. The highest BCUT2D eigenvalue weighted by molar-refractivity contribution is 6.18. The van der Waals surface area contributed by atoms with Gasteiger partial charge in [0.15, 0.2) is 0 Å². The molecule has 0 bridgehead atoms. The number of aliphatic carboxylic acids is 2. The van der Waals surface area contributed by atoms with E-state index < -0.39 is 11.9 Å².